The van der Waals surface area contributed by atoms with Gasteiger partial charge in [0.2, 0.25) is 5.91 Å². The number of hydrogen-bond acceptors (Lipinski definition) is 3. The summed E-state index contributed by atoms with van der Waals surface area (Å²) in [7, 11) is 1.74. The van der Waals surface area contributed by atoms with Crippen molar-refractivity contribution >= 4 is 5.91 Å². The number of carbonyl (C=O) groups excluding carboxylic acids is 1. The number of methoxy groups -OCH3 is 1. The summed E-state index contributed by atoms with van der Waals surface area (Å²) in [5.41, 5.74) is 0.361. The topological polar surface area (TPSA) is 50.4 Å². The number of ether oxygens (including phenoxy) is 1. The Bertz CT molecular complexity index is 258. The molecule has 2 fully saturated rings. The second-order valence-corrected chi connectivity index (χ2v) is 5.58. The summed E-state index contributed by atoms with van der Waals surface area (Å²) >= 11 is 0. The SMILES string of the molecule is COCCC1(CNC(=O)CC2CCNC2)CC1. The van der Waals surface area contributed by atoms with E-state index in [0.717, 1.165) is 39.1 Å². The summed E-state index contributed by atoms with van der Waals surface area (Å²) in [4.78, 5) is 11.8. The third-order valence-corrected chi connectivity index (χ3v) is 4.09. The number of carbonyl (C=O) groups is 1. The molecule has 1 aliphatic carbocycles. The molecule has 2 rings (SSSR count). The monoisotopic (exact) mass is 240 g/mol. The Hall–Kier alpha value is -0.610. The lowest BCUT2D eigenvalue weighted by atomic mass is 10.0. The van der Waals surface area contributed by atoms with Crippen molar-refractivity contribution < 1.29 is 9.53 Å². The average Bonchev–Trinajstić information content (AvgIpc) is 2.92. The molecule has 0 aromatic rings. The summed E-state index contributed by atoms with van der Waals surface area (Å²) in [6, 6.07) is 0. The Morgan fingerprint density at radius 3 is 2.94 bits per heavy atom. The van der Waals surface area contributed by atoms with E-state index in [2.05, 4.69) is 10.6 Å². The average molecular weight is 240 g/mol. The summed E-state index contributed by atoms with van der Waals surface area (Å²) < 4.78 is 5.11. The van der Waals surface area contributed by atoms with Gasteiger partial charge in [0.05, 0.1) is 0 Å². The summed E-state index contributed by atoms with van der Waals surface area (Å²) in [6.45, 7) is 3.72. The van der Waals surface area contributed by atoms with E-state index < -0.39 is 0 Å². The quantitative estimate of drug-likeness (QED) is 0.696. The second-order valence-electron chi connectivity index (χ2n) is 5.58. The fourth-order valence-electron chi connectivity index (χ4n) is 2.52. The fourth-order valence-corrected chi connectivity index (χ4v) is 2.52. The van der Waals surface area contributed by atoms with Crippen molar-refractivity contribution in [1.29, 1.82) is 0 Å². The van der Waals surface area contributed by atoms with E-state index in [1.807, 2.05) is 0 Å². The van der Waals surface area contributed by atoms with Crippen molar-refractivity contribution in [1.82, 2.24) is 10.6 Å². The van der Waals surface area contributed by atoms with Crippen LogP contribution in [0.5, 0.6) is 0 Å². The second kappa shape index (κ2) is 5.83. The third kappa shape index (κ3) is 3.96. The molecule has 1 saturated heterocycles. The van der Waals surface area contributed by atoms with Gasteiger partial charge in [0.1, 0.15) is 0 Å². The van der Waals surface area contributed by atoms with Gasteiger partial charge in [-0.1, -0.05) is 0 Å². The Labute approximate surface area is 103 Å². The molecule has 1 aliphatic heterocycles. The van der Waals surface area contributed by atoms with Crippen LogP contribution < -0.4 is 10.6 Å². The number of amides is 1. The van der Waals surface area contributed by atoms with E-state index in [4.69, 9.17) is 4.74 Å². The van der Waals surface area contributed by atoms with Crippen molar-refractivity contribution in [3.63, 3.8) is 0 Å². The van der Waals surface area contributed by atoms with Crippen LogP contribution in [-0.2, 0) is 9.53 Å². The van der Waals surface area contributed by atoms with Gasteiger partial charge in [-0.15, -0.1) is 0 Å². The molecule has 4 heteroatoms. The first-order valence-electron chi connectivity index (χ1n) is 6.70. The van der Waals surface area contributed by atoms with Crippen LogP contribution in [0, 0.1) is 11.3 Å². The maximum absolute atomic E-state index is 11.8. The van der Waals surface area contributed by atoms with Crippen LogP contribution in [-0.4, -0.2) is 39.3 Å². The molecule has 98 valence electrons. The van der Waals surface area contributed by atoms with E-state index in [1.54, 1.807) is 7.11 Å². The lowest BCUT2D eigenvalue weighted by Crippen LogP contribution is -2.32. The smallest absolute Gasteiger partial charge is 0.220 e. The van der Waals surface area contributed by atoms with Crippen molar-refractivity contribution in [2.24, 2.45) is 11.3 Å². The van der Waals surface area contributed by atoms with E-state index in [9.17, 15) is 4.79 Å². The zero-order chi connectivity index (χ0) is 12.1. The molecular formula is C13H24N2O2. The highest BCUT2D eigenvalue weighted by Gasteiger charge is 2.42. The zero-order valence-corrected chi connectivity index (χ0v) is 10.8. The largest absolute Gasteiger partial charge is 0.385 e. The van der Waals surface area contributed by atoms with Gasteiger partial charge in [-0.3, -0.25) is 4.79 Å². The fraction of sp³-hybridized carbons (Fsp3) is 0.923. The first-order valence-corrected chi connectivity index (χ1v) is 6.70. The van der Waals surface area contributed by atoms with Gasteiger partial charge in [-0.25, -0.2) is 0 Å². The normalized spacial score (nSPS) is 25.8. The van der Waals surface area contributed by atoms with Gasteiger partial charge in [-0.2, -0.15) is 0 Å². The van der Waals surface area contributed by atoms with Gasteiger partial charge < -0.3 is 15.4 Å². The number of nitrogens with one attached hydrogen (secondary N) is 2. The molecule has 1 saturated carbocycles. The van der Waals surface area contributed by atoms with Crippen molar-refractivity contribution in [3.8, 4) is 0 Å². The molecule has 0 aromatic carbocycles. The van der Waals surface area contributed by atoms with Gasteiger partial charge >= 0.3 is 0 Å². The Balaban J connectivity index is 1.62. The minimum atomic E-state index is 0.224. The van der Waals surface area contributed by atoms with Crippen molar-refractivity contribution in [3.05, 3.63) is 0 Å². The van der Waals surface area contributed by atoms with Crippen molar-refractivity contribution in [2.45, 2.75) is 32.1 Å². The van der Waals surface area contributed by atoms with Crippen LogP contribution in [0.4, 0.5) is 0 Å². The van der Waals surface area contributed by atoms with E-state index in [-0.39, 0.29) is 5.91 Å². The predicted molar refractivity (Wildman–Crippen MR) is 66.8 cm³/mol. The molecule has 4 nitrogen and oxygen atoms in total. The van der Waals surface area contributed by atoms with E-state index >= 15 is 0 Å². The van der Waals surface area contributed by atoms with Gasteiger partial charge in [-0.05, 0) is 50.1 Å². The molecule has 1 amide bonds. The minimum absolute atomic E-state index is 0.224. The van der Waals surface area contributed by atoms with Crippen LogP contribution >= 0.6 is 0 Å². The first kappa shape index (κ1) is 12.8. The van der Waals surface area contributed by atoms with Crippen LogP contribution in [0.2, 0.25) is 0 Å². The predicted octanol–water partition coefficient (Wildman–Crippen LogP) is 0.919. The molecule has 2 aliphatic rings. The highest BCUT2D eigenvalue weighted by atomic mass is 16.5. The molecule has 1 heterocycles. The standard InChI is InChI=1S/C13H24N2O2/c1-17-7-5-13(3-4-13)10-15-12(16)8-11-2-6-14-9-11/h11,14H,2-10H2,1H3,(H,15,16). The van der Waals surface area contributed by atoms with Crippen LogP contribution in [0.15, 0.2) is 0 Å². The number of rotatable bonds is 7. The zero-order valence-electron chi connectivity index (χ0n) is 10.8. The molecule has 0 radical (unpaired) electrons. The summed E-state index contributed by atoms with van der Waals surface area (Å²) in [6.07, 6.45) is 5.38. The van der Waals surface area contributed by atoms with Crippen molar-refractivity contribution in [2.75, 3.05) is 33.4 Å². The highest BCUT2D eigenvalue weighted by Crippen LogP contribution is 2.48. The van der Waals surface area contributed by atoms with E-state index in [1.165, 1.54) is 12.8 Å². The molecular weight excluding hydrogens is 216 g/mol. The molecule has 0 bridgehead atoms. The van der Waals surface area contributed by atoms with Crippen LogP contribution in [0.25, 0.3) is 0 Å². The van der Waals surface area contributed by atoms with Crippen LogP contribution in [0.3, 0.4) is 0 Å². The highest BCUT2D eigenvalue weighted by molar-refractivity contribution is 5.76. The molecule has 2 N–H and O–H groups in total. The Morgan fingerprint density at radius 1 is 1.53 bits per heavy atom. The Morgan fingerprint density at radius 2 is 2.35 bits per heavy atom. The van der Waals surface area contributed by atoms with Gasteiger partial charge in [0.25, 0.3) is 0 Å². The minimum Gasteiger partial charge on any atom is -0.385 e. The molecule has 1 atom stereocenters. The first-order chi connectivity index (χ1) is 8.24. The summed E-state index contributed by atoms with van der Waals surface area (Å²) in [5, 5.41) is 6.39. The van der Waals surface area contributed by atoms with Crippen LogP contribution in [0.1, 0.15) is 32.1 Å². The van der Waals surface area contributed by atoms with E-state index in [0.29, 0.717) is 17.8 Å². The molecule has 0 spiro atoms. The number of hydrogen-bond donors (Lipinski definition) is 2. The molecule has 1 unspecified atom stereocenters. The summed E-state index contributed by atoms with van der Waals surface area (Å²) in [5.74, 6) is 0.770. The third-order valence-electron chi connectivity index (χ3n) is 4.09. The Kier molecular flexibility index (Phi) is 4.40. The van der Waals surface area contributed by atoms with Gasteiger partial charge in [0, 0.05) is 26.7 Å². The molecule has 17 heavy (non-hydrogen) atoms. The maximum atomic E-state index is 11.8. The van der Waals surface area contributed by atoms with Gasteiger partial charge in [0.15, 0.2) is 0 Å². The maximum Gasteiger partial charge on any atom is 0.220 e. The lowest BCUT2D eigenvalue weighted by molar-refractivity contribution is -0.122. The lowest BCUT2D eigenvalue weighted by Gasteiger charge is -2.16. The molecule has 0 aromatic heterocycles.